The van der Waals surface area contributed by atoms with Crippen molar-refractivity contribution in [2.75, 3.05) is 18.0 Å². The molecule has 0 amide bonds. The van der Waals surface area contributed by atoms with Crippen LogP contribution in [0.15, 0.2) is 22.2 Å². The minimum absolute atomic E-state index is 0.304. The predicted molar refractivity (Wildman–Crippen MR) is 76.7 cm³/mol. The van der Waals surface area contributed by atoms with E-state index in [1.165, 1.54) is 0 Å². The lowest BCUT2D eigenvalue weighted by Crippen LogP contribution is -2.40. The van der Waals surface area contributed by atoms with Crippen molar-refractivity contribution >= 4 is 30.1 Å². The summed E-state index contributed by atoms with van der Waals surface area (Å²) in [7, 11) is 0. The normalized spacial score (nSPS) is 17.3. The molecule has 1 aliphatic heterocycles. The quantitative estimate of drug-likeness (QED) is 0.829. The zero-order chi connectivity index (χ0) is 13.0. The van der Waals surface area contributed by atoms with Gasteiger partial charge in [-0.05, 0) is 32.5 Å². The summed E-state index contributed by atoms with van der Waals surface area (Å²) in [5.41, 5.74) is 7.48. The van der Waals surface area contributed by atoms with E-state index in [2.05, 4.69) is 26.6 Å². The number of piperidine rings is 1. The van der Waals surface area contributed by atoms with Gasteiger partial charge in [-0.1, -0.05) is 0 Å². The fourth-order valence-corrected chi connectivity index (χ4v) is 2.17. The second-order valence-corrected chi connectivity index (χ2v) is 4.37. The first-order valence-electron chi connectivity index (χ1n) is 6.21. The van der Waals surface area contributed by atoms with Crippen LogP contribution in [0.1, 0.15) is 19.8 Å². The maximum absolute atomic E-state index is 5.92. The van der Waals surface area contributed by atoms with E-state index in [4.69, 9.17) is 5.73 Å². The summed E-state index contributed by atoms with van der Waals surface area (Å²) in [6, 6.07) is 2.15. The monoisotopic (exact) mass is 245 g/mol. The van der Waals surface area contributed by atoms with Crippen LogP contribution in [0.3, 0.4) is 0 Å². The predicted octanol–water partition coefficient (Wildman–Crippen LogP) is 2.06. The van der Waals surface area contributed by atoms with E-state index in [-0.39, 0.29) is 0 Å². The van der Waals surface area contributed by atoms with E-state index in [0.717, 1.165) is 43.1 Å². The van der Waals surface area contributed by atoms with E-state index >= 15 is 0 Å². The lowest BCUT2D eigenvalue weighted by Gasteiger charge is -2.31. The Morgan fingerprint density at radius 3 is 2.83 bits per heavy atom. The van der Waals surface area contributed by atoms with Crippen LogP contribution in [0.4, 0.5) is 17.2 Å². The van der Waals surface area contributed by atoms with Crippen molar-refractivity contribution in [1.29, 1.82) is 0 Å². The molecule has 1 aliphatic rings. The van der Waals surface area contributed by atoms with Crippen LogP contribution in [-0.2, 0) is 0 Å². The average Bonchev–Trinajstić information content (AvgIpc) is 2.40. The SMILES string of the molecule is C=Nc1c(/N=C\C)ccnc1N1CCC(N)CC1. The third kappa shape index (κ3) is 2.56. The van der Waals surface area contributed by atoms with E-state index < -0.39 is 0 Å². The van der Waals surface area contributed by atoms with Gasteiger partial charge in [0.25, 0.3) is 0 Å². The number of aliphatic imine (C=N–C) groups is 2. The molecule has 0 aliphatic carbocycles. The largest absolute Gasteiger partial charge is 0.355 e. The lowest BCUT2D eigenvalue weighted by atomic mass is 10.1. The van der Waals surface area contributed by atoms with Gasteiger partial charge in [0.1, 0.15) is 5.69 Å². The first-order valence-corrected chi connectivity index (χ1v) is 6.21. The van der Waals surface area contributed by atoms with Gasteiger partial charge in [0.15, 0.2) is 5.82 Å². The van der Waals surface area contributed by atoms with Gasteiger partial charge < -0.3 is 10.6 Å². The fourth-order valence-electron chi connectivity index (χ4n) is 2.17. The van der Waals surface area contributed by atoms with Gasteiger partial charge in [-0.25, -0.2) is 4.98 Å². The Morgan fingerprint density at radius 1 is 1.50 bits per heavy atom. The van der Waals surface area contributed by atoms with Crippen LogP contribution in [0.25, 0.3) is 0 Å². The molecule has 1 aromatic heterocycles. The Morgan fingerprint density at radius 2 is 2.22 bits per heavy atom. The van der Waals surface area contributed by atoms with Gasteiger partial charge in [0.2, 0.25) is 0 Å². The summed E-state index contributed by atoms with van der Waals surface area (Å²) >= 11 is 0. The molecule has 2 N–H and O–H groups in total. The summed E-state index contributed by atoms with van der Waals surface area (Å²) in [6.07, 6.45) is 5.49. The van der Waals surface area contributed by atoms with Crippen molar-refractivity contribution in [1.82, 2.24) is 4.98 Å². The van der Waals surface area contributed by atoms with Crippen molar-refractivity contribution < 1.29 is 0 Å². The molecule has 0 unspecified atom stereocenters. The van der Waals surface area contributed by atoms with Crippen LogP contribution in [0.5, 0.6) is 0 Å². The van der Waals surface area contributed by atoms with E-state index in [0.29, 0.717) is 6.04 Å². The smallest absolute Gasteiger partial charge is 0.156 e. The fraction of sp³-hybridized carbons (Fsp3) is 0.462. The van der Waals surface area contributed by atoms with Crippen molar-refractivity contribution in [2.45, 2.75) is 25.8 Å². The second-order valence-electron chi connectivity index (χ2n) is 4.37. The third-order valence-corrected chi connectivity index (χ3v) is 3.15. The highest BCUT2D eigenvalue weighted by Crippen LogP contribution is 2.36. The minimum Gasteiger partial charge on any atom is -0.355 e. The number of rotatable bonds is 3. The number of hydrogen-bond acceptors (Lipinski definition) is 5. The number of nitrogens with two attached hydrogens (primary N) is 1. The Hall–Kier alpha value is -1.75. The first-order chi connectivity index (χ1) is 8.76. The van der Waals surface area contributed by atoms with Gasteiger partial charge >= 0.3 is 0 Å². The van der Waals surface area contributed by atoms with Crippen molar-refractivity contribution in [2.24, 2.45) is 15.7 Å². The zero-order valence-electron chi connectivity index (χ0n) is 10.7. The summed E-state index contributed by atoms with van der Waals surface area (Å²) in [4.78, 5) is 15.0. The molecule has 1 fully saturated rings. The van der Waals surface area contributed by atoms with Gasteiger partial charge in [0, 0.05) is 31.5 Å². The van der Waals surface area contributed by atoms with Gasteiger partial charge in [-0.3, -0.25) is 9.98 Å². The third-order valence-electron chi connectivity index (χ3n) is 3.15. The van der Waals surface area contributed by atoms with Crippen LogP contribution < -0.4 is 10.6 Å². The number of pyridine rings is 1. The van der Waals surface area contributed by atoms with E-state index in [1.54, 1.807) is 12.4 Å². The molecule has 0 bridgehead atoms. The summed E-state index contributed by atoms with van der Waals surface area (Å²) in [5, 5.41) is 0. The van der Waals surface area contributed by atoms with Crippen LogP contribution in [0, 0.1) is 0 Å². The highest BCUT2D eigenvalue weighted by atomic mass is 15.2. The molecule has 18 heavy (non-hydrogen) atoms. The maximum Gasteiger partial charge on any atom is 0.156 e. The van der Waals surface area contributed by atoms with Gasteiger partial charge in [0.05, 0.1) is 5.69 Å². The Kier molecular flexibility index (Phi) is 4.04. The summed E-state index contributed by atoms with van der Waals surface area (Å²) < 4.78 is 0. The van der Waals surface area contributed by atoms with Crippen molar-refractivity contribution in [3.8, 4) is 0 Å². The van der Waals surface area contributed by atoms with E-state index in [1.807, 2.05) is 13.0 Å². The Balaban J connectivity index is 2.32. The maximum atomic E-state index is 5.92. The van der Waals surface area contributed by atoms with Crippen LogP contribution >= 0.6 is 0 Å². The molecule has 1 aromatic rings. The first kappa shape index (κ1) is 12.7. The van der Waals surface area contributed by atoms with E-state index in [9.17, 15) is 0 Å². The molecule has 0 aromatic carbocycles. The molecule has 5 nitrogen and oxygen atoms in total. The molecule has 2 rings (SSSR count). The summed E-state index contributed by atoms with van der Waals surface area (Å²) in [5.74, 6) is 0.861. The number of anilines is 1. The summed E-state index contributed by atoms with van der Waals surface area (Å²) in [6.45, 7) is 7.34. The molecule has 0 atom stereocenters. The molecule has 1 saturated heterocycles. The molecule has 0 spiro atoms. The Labute approximate surface area is 107 Å². The zero-order valence-corrected chi connectivity index (χ0v) is 10.7. The molecular formula is C13H19N5. The van der Waals surface area contributed by atoms with Crippen molar-refractivity contribution in [3.05, 3.63) is 12.3 Å². The number of nitrogens with zero attached hydrogens (tertiary/aromatic N) is 4. The van der Waals surface area contributed by atoms with Gasteiger partial charge in [-0.15, -0.1) is 0 Å². The average molecular weight is 245 g/mol. The highest BCUT2D eigenvalue weighted by molar-refractivity contribution is 5.79. The minimum atomic E-state index is 0.304. The van der Waals surface area contributed by atoms with Crippen LogP contribution in [0.2, 0.25) is 0 Å². The highest BCUT2D eigenvalue weighted by Gasteiger charge is 2.20. The molecular weight excluding hydrogens is 226 g/mol. The standard InChI is InChI=1S/C13H19N5/c1-3-16-11-4-7-17-13(12(11)15-2)18-8-5-10(14)6-9-18/h3-4,7,10H,2,5-6,8-9,14H2,1H3/b16-3-. The van der Waals surface area contributed by atoms with Crippen LogP contribution in [-0.4, -0.2) is 37.0 Å². The number of aromatic nitrogens is 1. The molecule has 2 heterocycles. The van der Waals surface area contributed by atoms with Gasteiger partial charge in [-0.2, -0.15) is 0 Å². The topological polar surface area (TPSA) is 66.9 Å². The second kappa shape index (κ2) is 5.73. The molecule has 0 radical (unpaired) electrons. The lowest BCUT2D eigenvalue weighted by molar-refractivity contribution is 0.499. The molecule has 96 valence electrons. The number of hydrogen-bond donors (Lipinski definition) is 1. The molecule has 0 saturated carbocycles. The van der Waals surface area contributed by atoms with Crippen molar-refractivity contribution in [3.63, 3.8) is 0 Å². The molecule has 5 heteroatoms. The Bertz CT molecular complexity index is 447.